The van der Waals surface area contributed by atoms with E-state index in [1.54, 1.807) is 4.90 Å². The van der Waals surface area contributed by atoms with Crippen LogP contribution in [0.5, 0.6) is 0 Å². The number of allylic oxidation sites excluding steroid dienone is 4. The summed E-state index contributed by atoms with van der Waals surface area (Å²) in [5.74, 6) is -1.12. The monoisotopic (exact) mass is 439 g/mol. The molecule has 0 N–H and O–H groups in total. The quantitative estimate of drug-likeness (QED) is 0.601. The molecule has 2 heterocycles. The minimum Gasteiger partial charge on any atom is -0.325 e. The van der Waals surface area contributed by atoms with Crippen molar-refractivity contribution < 1.29 is 13.6 Å². The maximum atomic E-state index is 14.6. The van der Waals surface area contributed by atoms with Gasteiger partial charge in [0.15, 0.2) is 0 Å². The highest BCUT2D eigenvalue weighted by Crippen LogP contribution is 2.38. The number of hydrogen-bond acceptors (Lipinski definition) is 2. The number of carbonyl (C=O) groups excluding carboxylic acids is 1. The predicted octanol–water partition coefficient (Wildman–Crippen LogP) is 5.05. The lowest BCUT2D eigenvalue weighted by Gasteiger charge is -2.39. The molecule has 0 bridgehead atoms. The van der Waals surface area contributed by atoms with Crippen LogP contribution in [0.1, 0.15) is 24.4 Å². The van der Waals surface area contributed by atoms with Crippen molar-refractivity contribution in [3.63, 3.8) is 0 Å². The molecule has 4 nitrogen and oxygen atoms in total. The number of nitrogens with zero attached hydrogens (tertiary/aromatic N) is 3. The van der Waals surface area contributed by atoms with Crippen LogP contribution in [0.15, 0.2) is 78.7 Å². The van der Waals surface area contributed by atoms with Crippen molar-refractivity contribution in [3.05, 3.63) is 84.3 Å². The highest BCUT2D eigenvalue weighted by atomic mass is 19.1. The van der Waals surface area contributed by atoms with Gasteiger partial charge >= 0.3 is 6.03 Å². The summed E-state index contributed by atoms with van der Waals surface area (Å²) in [5, 5.41) is 0. The molecular weight excluding hydrogens is 408 g/mol. The van der Waals surface area contributed by atoms with E-state index in [0.717, 1.165) is 43.6 Å². The Hall–Kier alpha value is -2.73. The zero-order chi connectivity index (χ0) is 22.7. The number of halogens is 2. The van der Waals surface area contributed by atoms with Gasteiger partial charge in [0.2, 0.25) is 0 Å². The molecule has 2 unspecified atom stereocenters. The van der Waals surface area contributed by atoms with Gasteiger partial charge in [-0.25, -0.2) is 13.6 Å². The number of rotatable bonds is 5. The van der Waals surface area contributed by atoms with Crippen LogP contribution in [0, 0.1) is 5.92 Å². The van der Waals surface area contributed by atoms with Gasteiger partial charge in [0.25, 0.3) is 0 Å². The summed E-state index contributed by atoms with van der Waals surface area (Å²) >= 11 is 0. The van der Waals surface area contributed by atoms with E-state index in [-0.39, 0.29) is 18.1 Å². The fourth-order valence-corrected chi connectivity index (χ4v) is 4.93. The third kappa shape index (κ3) is 4.70. The smallest absolute Gasteiger partial charge is 0.321 e. The molecule has 0 saturated carbocycles. The average molecular weight is 440 g/mol. The van der Waals surface area contributed by atoms with Crippen LogP contribution in [0.4, 0.5) is 13.6 Å². The van der Waals surface area contributed by atoms with Gasteiger partial charge in [-0.1, -0.05) is 42.5 Å². The highest BCUT2D eigenvalue weighted by molar-refractivity contribution is 5.76. The Labute approximate surface area is 189 Å². The van der Waals surface area contributed by atoms with Crippen LogP contribution in [-0.4, -0.2) is 66.2 Å². The molecule has 6 heteroatoms. The molecule has 2 amide bonds. The number of hydrogen-bond donors (Lipinski definition) is 0. The summed E-state index contributed by atoms with van der Waals surface area (Å²) in [4.78, 5) is 19.6. The van der Waals surface area contributed by atoms with Crippen molar-refractivity contribution >= 4 is 6.03 Å². The van der Waals surface area contributed by atoms with Gasteiger partial charge in [0.05, 0.1) is 6.04 Å². The minimum atomic E-state index is -1.29. The van der Waals surface area contributed by atoms with E-state index < -0.39 is 17.9 Å². The molecule has 4 rings (SSSR count). The first-order chi connectivity index (χ1) is 15.5. The Kier molecular flexibility index (Phi) is 6.89. The van der Waals surface area contributed by atoms with Crippen LogP contribution in [0.3, 0.4) is 0 Å². The summed E-state index contributed by atoms with van der Waals surface area (Å²) in [6.07, 6.45) is 8.13. The molecule has 3 aliphatic rings. The van der Waals surface area contributed by atoms with Crippen LogP contribution >= 0.6 is 0 Å². The average Bonchev–Trinajstić information content (AvgIpc) is 3.26. The Morgan fingerprint density at radius 2 is 1.94 bits per heavy atom. The minimum absolute atomic E-state index is 0.0708. The van der Waals surface area contributed by atoms with E-state index in [1.807, 2.05) is 54.4 Å². The summed E-state index contributed by atoms with van der Waals surface area (Å²) in [7, 11) is 1.86. The summed E-state index contributed by atoms with van der Waals surface area (Å²) in [6.45, 7) is 6.83. The molecule has 1 saturated heterocycles. The Bertz CT molecular complexity index is 918. The second kappa shape index (κ2) is 9.82. The first-order valence-electron chi connectivity index (χ1n) is 11.3. The third-order valence-electron chi connectivity index (χ3n) is 6.79. The number of urea groups is 1. The van der Waals surface area contributed by atoms with Gasteiger partial charge in [-0.3, -0.25) is 4.90 Å². The number of piperidine rings is 1. The molecule has 0 radical (unpaired) electrons. The normalized spacial score (nSPS) is 26.6. The van der Waals surface area contributed by atoms with Crippen molar-refractivity contribution in [1.82, 2.24) is 14.7 Å². The fourth-order valence-electron chi connectivity index (χ4n) is 4.93. The summed E-state index contributed by atoms with van der Waals surface area (Å²) in [5.41, 5.74) is 1.71. The molecule has 1 aromatic carbocycles. The van der Waals surface area contributed by atoms with E-state index in [4.69, 9.17) is 0 Å². The van der Waals surface area contributed by atoms with E-state index >= 15 is 0 Å². The van der Waals surface area contributed by atoms with Crippen LogP contribution in [0.25, 0.3) is 0 Å². The molecule has 1 fully saturated rings. The molecule has 2 aliphatic heterocycles. The molecule has 1 aromatic rings. The molecular formula is C26H31F2N3O. The number of benzene rings is 1. The molecule has 3 atom stereocenters. The van der Waals surface area contributed by atoms with Gasteiger partial charge in [0.1, 0.15) is 12.0 Å². The molecule has 32 heavy (non-hydrogen) atoms. The van der Waals surface area contributed by atoms with Crippen LogP contribution < -0.4 is 0 Å². The van der Waals surface area contributed by atoms with E-state index in [2.05, 4.69) is 11.5 Å². The topological polar surface area (TPSA) is 26.8 Å². The Morgan fingerprint density at radius 1 is 1.22 bits per heavy atom. The molecule has 1 aliphatic carbocycles. The maximum Gasteiger partial charge on any atom is 0.321 e. The number of amides is 2. The SMILES string of the molecule is C=CCN1CCC(N(C)C(=O)N2CC(C3C=C(F)C=CC3F)=C[C@H]2c2ccccc2)CC1. The second-order valence-electron chi connectivity index (χ2n) is 8.82. The molecule has 170 valence electrons. The third-order valence-corrected chi connectivity index (χ3v) is 6.79. The highest BCUT2D eigenvalue weighted by Gasteiger charge is 2.38. The Morgan fingerprint density at radius 3 is 2.62 bits per heavy atom. The van der Waals surface area contributed by atoms with Crippen LogP contribution in [0.2, 0.25) is 0 Å². The zero-order valence-corrected chi connectivity index (χ0v) is 18.5. The first kappa shape index (κ1) is 22.5. The Balaban J connectivity index is 1.53. The van der Waals surface area contributed by atoms with Crippen molar-refractivity contribution in [2.24, 2.45) is 5.92 Å². The zero-order valence-electron chi connectivity index (χ0n) is 18.5. The van der Waals surface area contributed by atoms with Crippen molar-refractivity contribution in [1.29, 1.82) is 0 Å². The number of carbonyl (C=O) groups is 1. The van der Waals surface area contributed by atoms with Gasteiger partial charge in [0, 0.05) is 45.2 Å². The van der Waals surface area contributed by atoms with E-state index in [9.17, 15) is 13.6 Å². The predicted molar refractivity (Wildman–Crippen MR) is 124 cm³/mol. The largest absolute Gasteiger partial charge is 0.325 e. The second-order valence-corrected chi connectivity index (χ2v) is 8.82. The number of likely N-dealkylation sites (tertiary alicyclic amines) is 1. The molecule has 0 aromatic heterocycles. The van der Waals surface area contributed by atoms with Gasteiger partial charge in [-0.2, -0.15) is 0 Å². The lowest BCUT2D eigenvalue weighted by Crippen LogP contribution is -2.50. The maximum absolute atomic E-state index is 14.6. The first-order valence-corrected chi connectivity index (χ1v) is 11.3. The molecule has 0 spiro atoms. The standard InChI is InChI=1S/C26H31F2N3O/c1-3-13-30-14-11-22(12-15-30)29(2)26(32)31-18-20(23-17-21(27)9-10-24(23)28)16-25(31)19-7-5-4-6-8-19/h3-10,16-17,22-25H,1,11-15,18H2,2H3/t23?,24?,25-/m0/s1. The summed E-state index contributed by atoms with van der Waals surface area (Å²) in [6, 6.07) is 9.54. The van der Waals surface area contributed by atoms with Gasteiger partial charge < -0.3 is 9.80 Å². The van der Waals surface area contributed by atoms with Gasteiger partial charge in [-0.15, -0.1) is 6.58 Å². The fraction of sp³-hybridized carbons (Fsp3) is 0.423. The van der Waals surface area contributed by atoms with Crippen molar-refractivity contribution in [2.75, 3.05) is 33.2 Å². The van der Waals surface area contributed by atoms with E-state index in [1.165, 1.54) is 18.2 Å². The lowest BCUT2D eigenvalue weighted by atomic mass is 9.90. The van der Waals surface area contributed by atoms with E-state index in [0.29, 0.717) is 6.54 Å². The van der Waals surface area contributed by atoms with Crippen molar-refractivity contribution in [3.8, 4) is 0 Å². The van der Waals surface area contributed by atoms with Crippen molar-refractivity contribution in [2.45, 2.75) is 31.1 Å². The lowest BCUT2D eigenvalue weighted by molar-refractivity contribution is 0.113. The number of alkyl halides is 1. The van der Waals surface area contributed by atoms with Gasteiger partial charge in [-0.05, 0) is 42.2 Å². The summed E-state index contributed by atoms with van der Waals surface area (Å²) < 4.78 is 28.5. The van der Waals surface area contributed by atoms with Crippen LogP contribution in [-0.2, 0) is 0 Å².